The molecule has 2 aromatic heterocycles. The van der Waals surface area contributed by atoms with Crippen LogP contribution in [0.5, 0.6) is 0 Å². The molecule has 0 spiro atoms. The topological polar surface area (TPSA) is 63.1 Å². The van der Waals surface area contributed by atoms with Gasteiger partial charge in [0, 0.05) is 28.9 Å². The van der Waals surface area contributed by atoms with Gasteiger partial charge in [0.25, 0.3) is 0 Å². The Morgan fingerprint density at radius 1 is 1.15 bits per heavy atom. The van der Waals surface area contributed by atoms with Crippen LogP contribution >= 0.6 is 11.3 Å². The first-order valence-electron chi connectivity index (χ1n) is 5.94. The van der Waals surface area contributed by atoms with E-state index in [0.29, 0.717) is 0 Å². The van der Waals surface area contributed by atoms with Crippen molar-refractivity contribution in [3.63, 3.8) is 0 Å². The molecule has 0 saturated carbocycles. The number of thiazole rings is 1. The Kier molecular flexibility index (Phi) is 3.26. The number of rotatable bonds is 3. The predicted molar refractivity (Wildman–Crippen MR) is 77.7 cm³/mol. The van der Waals surface area contributed by atoms with Crippen molar-refractivity contribution in [1.82, 2.24) is 9.97 Å². The number of carboxylic acid groups (broad SMARTS) is 1. The Bertz CT molecular complexity index is 753. The van der Waals surface area contributed by atoms with Crippen LogP contribution in [0.1, 0.15) is 10.4 Å². The number of nitrogens with zero attached hydrogens (tertiary/aromatic N) is 2. The summed E-state index contributed by atoms with van der Waals surface area (Å²) in [4.78, 5) is 19.6. The molecule has 0 fully saturated rings. The van der Waals surface area contributed by atoms with E-state index in [9.17, 15) is 4.79 Å². The van der Waals surface area contributed by atoms with Gasteiger partial charge in [0.2, 0.25) is 0 Å². The zero-order chi connectivity index (χ0) is 13.9. The second-order valence-corrected chi connectivity index (χ2v) is 5.02. The average molecular weight is 282 g/mol. The lowest BCUT2D eigenvalue weighted by atomic mass is 10.1. The van der Waals surface area contributed by atoms with Crippen molar-refractivity contribution in [2.45, 2.75) is 0 Å². The van der Waals surface area contributed by atoms with Crippen molar-refractivity contribution in [2.75, 3.05) is 0 Å². The van der Waals surface area contributed by atoms with Gasteiger partial charge in [-0.2, -0.15) is 0 Å². The maximum atomic E-state index is 11.0. The van der Waals surface area contributed by atoms with Crippen LogP contribution in [0, 0.1) is 0 Å². The Morgan fingerprint density at radius 2 is 2.00 bits per heavy atom. The lowest BCUT2D eigenvalue weighted by molar-refractivity contribution is 0.0697. The number of carbonyl (C=O) groups is 1. The second kappa shape index (κ2) is 5.22. The van der Waals surface area contributed by atoms with Crippen molar-refractivity contribution in [2.24, 2.45) is 0 Å². The van der Waals surface area contributed by atoms with Crippen molar-refractivity contribution in [3.05, 3.63) is 59.7 Å². The summed E-state index contributed by atoms with van der Waals surface area (Å²) in [6.45, 7) is 0. The average Bonchev–Trinajstić information content (AvgIpc) is 2.98. The molecule has 98 valence electrons. The highest BCUT2D eigenvalue weighted by molar-refractivity contribution is 7.13. The first-order chi connectivity index (χ1) is 9.74. The fourth-order valence-corrected chi connectivity index (χ4v) is 2.66. The third-order valence-electron chi connectivity index (χ3n) is 2.82. The molecular weight excluding hydrogens is 272 g/mol. The molecule has 0 bridgehead atoms. The first-order valence-corrected chi connectivity index (χ1v) is 6.81. The van der Waals surface area contributed by atoms with Gasteiger partial charge in [-0.3, -0.25) is 4.98 Å². The van der Waals surface area contributed by atoms with E-state index in [1.54, 1.807) is 30.6 Å². The summed E-state index contributed by atoms with van der Waals surface area (Å²) in [7, 11) is 0. The lowest BCUT2D eigenvalue weighted by Crippen LogP contribution is -1.95. The minimum atomic E-state index is -0.936. The fourth-order valence-electron chi connectivity index (χ4n) is 1.84. The van der Waals surface area contributed by atoms with Crippen LogP contribution in [-0.2, 0) is 0 Å². The smallest absolute Gasteiger partial charge is 0.335 e. The highest BCUT2D eigenvalue weighted by Gasteiger charge is 2.09. The first kappa shape index (κ1) is 12.5. The van der Waals surface area contributed by atoms with Crippen LogP contribution < -0.4 is 0 Å². The highest BCUT2D eigenvalue weighted by atomic mass is 32.1. The minimum Gasteiger partial charge on any atom is -0.478 e. The van der Waals surface area contributed by atoms with Crippen molar-refractivity contribution in [3.8, 4) is 21.8 Å². The van der Waals surface area contributed by atoms with Crippen LogP contribution in [0.4, 0.5) is 0 Å². The van der Waals surface area contributed by atoms with Crippen molar-refractivity contribution >= 4 is 17.3 Å². The van der Waals surface area contributed by atoms with E-state index in [4.69, 9.17) is 5.11 Å². The van der Waals surface area contributed by atoms with Gasteiger partial charge in [-0.15, -0.1) is 11.3 Å². The Labute approximate surface area is 119 Å². The van der Waals surface area contributed by atoms with Crippen molar-refractivity contribution < 1.29 is 9.90 Å². The molecule has 1 N–H and O–H groups in total. The summed E-state index contributed by atoms with van der Waals surface area (Å²) in [6.07, 6.45) is 3.48. The molecular formula is C15H10N2O2S. The lowest BCUT2D eigenvalue weighted by Gasteiger charge is -1.99. The van der Waals surface area contributed by atoms with Crippen LogP contribution in [0.15, 0.2) is 54.2 Å². The normalized spacial score (nSPS) is 10.4. The third kappa shape index (κ3) is 2.44. The zero-order valence-corrected chi connectivity index (χ0v) is 11.2. The molecule has 5 heteroatoms. The van der Waals surface area contributed by atoms with E-state index in [0.717, 1.165) is 21.8 Å². The van der Waals surface area contributed by atoms with E-state index in [2.05, 4.69) is 9.97 Å². The summed E-state index contributed by atoms with van der Waals surface area (Å²) in [5.74, 6) is -0.936. The number of benzene rings is 1. The zero-order valence-electron chi connectivity index (χ0n) is 10.4. The van der Waals surface area contributed by atoms with E-state index in [1.165, 1.54) is 11.3 Å². The van der Waals surface area contributed by atoms with E-state index < -0.39 is 5.97 Å². The maximum Gasteiger partial charge on any atom is 0.335 e. The molecule has 0 atom stereocenters. The van der Waals surface area contributed by atoms with E-state index >= 15 is 0 Å². The maximum absolute atomic E-state index is 11.0. The molecule has 2 heterocycles. The van der Waals surface area contributed by atoms with Crippen LogP contribution in [0.3, 0.4) is 0 Å². The van der Waals surface area contributed by atoms with Gasteiger partial charge >= 0.3 is 5.97 Å². The standard InChI is InChI=1S/C15H10N2O2S/c18-15(19)11-4-1-3-10(7-11)13-9-20-14(17-13)12-5-2-6-16-8-12/h1-9H,(H,18,19). The number of hydrogen-bond donors (Lipinski definition) is 1. The van der Waals surface area contributed by atoms with Gasteiger partial charge in [0.1, 0.15) is 5.01 Å². The van der Waals surface area contributed by atoms with Gasteiger partial charge in [0.15, 0.2) is 0 Å². The fraction of sp³-hybridized carbons (Fsp3) is 0. The van der Waals surface area contributed by atoms with Gasteiger partial charge in [-0.1, -0.05) is 12.1 Å². The molecule has 3 rings (SSSR count). The van der Waals surface area contributed by atoms with Gasteiger partial charge in [-0.25, -0.2) is 9.78 Å². The third-order valence-corrected chi connectivity index (χ3v) is 3.71. The monoisotopic (exact) mass is 282 g/mol. The molecule has 0 aliphatic rings. The number of aromatic nitrogens is 2. The van der Waals surface area contributed by atoms with Crippen molar-refractivity contribution in [1.29, 1.82) is 0 Å². The molecule has 3 aromatic rings. The van der Waals surface area contributed by atoms with Gasteiger partial charge in [-0.05, 0) is 24.3 Å². The summed E-state index contributed by atoms with van der Waals surface area (Å²) < 4.78 is 0. The predicted octanol–water partition coefficient (Wildman–Crippen LogP) is 3.57. The molecule has 0 aliphatic heterocycles. The van der Waals surface area contributed by atoms with Crippen LogP contribution in [0.25, 0.3) is 21.8 Å². The molecule has 1 aromatic carbocycles. The van der Waals surface area contributed by atoms with E-state index in [1.807, 2.05) is 23.6 Å². The van der Waals surface area contributed by atoms with Gasteiger partial charge < -0.3 is 5.11 Å². The number of aromatic carboxylic acids is 1. The molecule has 0 unspecified atom stereocenters. The summed E-state index contributed by atoms with van der Waals surface area (Å²) in [6, 6.07) is 10.6. The Morgan fingerprint density at radius 3 is 2.75 bits per heavy atom. The highest BCUT2D eigenvalue weighted by Crippen LogP contribution is 2.28. The SMILES string of the molecule is O=C(O)c1cccc(-c2csc(-c3cccnc3)n2)c1. The molecule has 0 aliphatic carbocycles. The Hall–Kier alpha value is -2.53. The second-order valence-electron chi connectivity index (χ2n) is 4.17. The van der Waals surface area contributed by atoms with Crippen LogP contribution in [0.2, 0.25) is 0 Å². The van der Waals surface area contributed by atoms with Crippen LogP contribution in [-0.4, -0.2) is 21.0 Å². The molecule has 0 amide bonds. The summed E-state index contributed by atoms with van der Waals surface area (Å²) >= 11 is 1.51. The number of hydrogen-bond acceptors (Lipinski definition) is 4. The largest absolute Gasteiger partial charge is 0.478 e. The molecule has 4 nitrogen and oxygen atoms in total. The quantitative estimate of drug-likeness (QED) is 0.797. The molecule has 0 saturated heterocycles. The number of carboxylic acids is 1. The van der Waals surface area contributed by atoms with E-state index in [-0.39, 0.29) is 5.56 Å². The summed E-state index contributed by atoms with van der Waals surface area (Å²) in [5.41, 5.74) is 2.80. The minimum absolute atomic E-state index is 0.262. The molecule has 0 radical (unpaired) electrons. The number of pyridine rings is 1. The van der Waals surface area contributed by atoms with Gasteiger partial charge in [0.05, 0.1) is 11.3 Å². The Balaban J connectivity index is 1.98. The summed E-state index contributed by atoms with van der Waals surface area (Å²) in [5, 5.41) is 11.8. The molecule has 20 heavy (non-hydrogen) atoms.